The molecule has 1 aromatic carbocycles. The quantitative estimate of drug-likeness (QED) is 0.545. The van der Waals surface area contributed by atoms with Crippen LogP contribution in [0.3, 0.4) is 0 Å². The minimum atomic E-state index is -0.265. The van der Waals surface area contributed by atoms with Gasteiger partial charge >= 0.3 is 0 Å². The number of thiazole rings is 1. The highest BCUT2D eigenvalue weighted by molar-refractivity contribution is 7.15. The average molecular weight is 300 g/mol. The maximum absolute atomic E-state index is 13.1. The Hall–Kier alpha value is -2.27. The van der Waals surface area contributed by atoms with Gasteiger partial charge in [-0.05, 0) is 30.7 Å². The van der Waals surface area contributed by atoms with Crippen LogP contribution in [-0.2, 0) is 6.42 Å². The second-order valence-electron chi connectivity index (χ2n) is 4.59. The van der Waals surface area contributed by atoms with E-state index >= 15 is 0 Å². The Kier molecular flexibility index (Phi) is 3.66. The van der Waals surface area contributed by atoms with E-state index in [2.05, 4.69) is 4.98 Å². The van der Waals surface area contributed by atoms with Crippen LogP contribution in [-0.4, -0.2) is 4.98 Å². The van der Waals surface area contributed by atoms with Crippen molar-refractivity contribution in [2.75, 3.05) is 0 Å². The lowest BCUT2D eigenvalue weighted by molar-refractivity contribution is -0.605. The molecule has 3 aromatic rings. The van der Waals surface area contributed by atoms with Gasteiger partial charge in [-0.15, -0.1) is 11.3 Å². The normalized spacial score (nSPS) is 10.8. The lowest BCUT2D eigenvalue weighted by Crippen LogP contribution is -2.23. The number of aryl methyl sites for hydroxylation is 1. The topological polar surface area (TPSA) is 39.8 Å². The first-order valence-electron chi connectivity index (χ1n) is 6.62. The van der Waals surface area contributed by atoms with Gasteiger partial charge in [-0.25, -0.2) is 9.37 Å². The van der Waals surface area contributed by atoms with Gasteiger partial charge in [0.05, 0.1) is 15.6 Å². The minimum Gasteiger partial charge on any atom is -0.619 e. The molecule has 0 bridgehead atoms. The van der Waals surface area contributed by atoms with E-state index in [9.17, 15) is 9.60 Å². The van der Waals surface area contributed by atoms with Crippen molar-refractivity contribution in [3.05, 3.63) is 64.8 Å². The fraction of sp³-hybridized carbons (Fsp3) is 0.125. The summed E-state index contributed by atoms with van der Waals surface area (Å²) in [4.78, 5) is 5.64. The zero-order valence-corrected chi connectivity index (χ0v) is 12.2. The monoisotopic (exact) mass is 300 g/mol. The Morgan fingerprint density at radius 2 is 1.76 bits per heavy atom. The molecule has 0 amide bonds. The predicted molar refractivity (Wildman–Crippen MR) is 81.3 cm³/mol. The van der Waals surface area contributed by atoms with E-state index < -0.39 is 0 Å². The van der Waals surface area contributed by atoms with E-state index in [1.54, 1.807) is 35.6 Å². The maximum Gasteiger partial charge on any atom is 0.180 e. The molecule has 2 aromatic heterocycles. The van der Waals surface area contributed by atoms with Gasteiger partial charge in [-0.3, -0.25) is 0 Å². The van der Waals surface area contributed by atoms with Gasteiger partial charge < -0.3 is 5.21 Å². The van der Waals surface area contributed by atoms with Gasteiger partial charge in [-0.1, -0.05) is 6.92 Å². The number of aromatic nitrogens is 2. The van der Waals surface area contributed by atoms with Crippen molar-refractivity contribution in [3.63, 3.8) is 0 Å². The van der Waals surface area contributed by atoms with Gasteiger partial charge in [0.2, 0.25) is 0 Å². The third kappa shape index (κ3) is 2.78. The SMILES string of the molecule is CCc1nc(-c2ccc(F)cc2)c(-c2cc[n+]([O-])cc2)s1. The number of hydrogen-bond acceptors (Lipinski definition) is 3. The summed E-state index contributed by atoms with van der Waals surface area (Å²) in [6.07, 6.45) is 3.78. The summed E-state index contributed by atoms with van der Waals surface area (Å²) < 4.78 is 13.8. The average Bonchev–Trinajstić information content (AvgIpc) is 2.93. The first-order valence-corrected chi connectivity index (χ1v) is 7.44. The van der Waals surface area contributed by atoms with Crippen LogP contribution in [0.25, 0.3) is 21.7 Å². The van der Waals surface area contributed by atoms with Crippen LogP contribution in [0.2, 0.25) is 0 Å². The maximum atomic E-state index is 13.1. The first-order chi connectivity index (χ1) is 10.2. The van der Waals surface area contributed by atoms with Crippen LogP contribution in [0, 0.1) is 11.0 Å². The second-order valence-corrected chi connectivity index (χ2v) is 5.68. The van der Waals surface area contributed by atoms with Gasteiger partial charge in [0, 0.05) is 23.3 Å². The molecule has 3 rings (SSSR count). The van der Waals surface area contributed by atoms with Gasteiger partial charge in [-0.2, -0.15) is 4.73 Å². The molecule has 21 heavy (non-hydrogen) atoms. The standard InChI is InChI=1S/C16H13FN2OS/c1-2-14-18-15(11-3-5-13(17)6-4-11)16(21-14)12-7-9-19(20)10-8-12/h3-10H,2H2,1H3. The largest absolute Gasteiger partial charge is 0.619 e. The van der Waals surface area contributed by atoms with Crippen LogP contribution in [0.15, 0.2) is 48.8 Å². The molecule has 2 heterocycles. The Labute approximate surface area is 125 Å². The highest BCUT2D eigenvalue weighted by atomic mass is 32.1. The molecule has 0 fully saturated rings. The molecule has 0 aliphatic carbocycles. The Morgan fingerprint density at radius 1 is 1.10 bits per heavy atom. The van der Waals surface area contributed by atoms with Crippen molar-refractivity contribution < 1.29 is 9.12 Å². The fourth-order valence-electron chi connectivity index (χ4n) is 2.08. The molecule has 5 heteroatoms. The molecular weight excluding hydrogens is 287 g/mol. The number of hydrogen-bond donors (Lipinski definition) is 0. The molecule has 0 saturated heterocycles. The summed E-state index contributed by atoms with van der Waals surface area (Å²) in [5.41, 5.74) is 2.65. The number of nitrogens with zero attached hydrogens (tertiary/aromatic N) is 2. The summed E-state index contributed by atoms with van der Waals surface area (Å²) in [5, 5.41) is 12.2. The van der Waals surface area contributed by atoms with Crippen molar-refractivity contribution in [3.8, 4) is 21.7 Å². The van der Waals surface area contributed by atoms with Crippen molar-refractivity contribution >= 4 is 11.3 Å². The predicted octanol–water partition coefficient (Wildman–Crippen LogP) is 3.81. The molecule has 0 spiro atoms. The van der Waals surface area contributed by atoms with Crippen molar-refractivity contribution in [2.24, 2.45) is 0 Å². The number of halogens is 1. The van der Waals surface area contributed by atoms with Crippen LogP contribution < -0.4 is 4.73 Å². The third-order valence-electron chi connectivity index (χ3n) is 3.16. The van der Waals surface area contributed by atoms with E-state index in [1.807, 2.05) is 6.92 Å². The van der Waals surface area contributed by atoms with Crippen molar-refractivity contribution in [1.29, 1.82) is 0 Å². The lowest BCUT2D eigenvalue weighted by atomic mass is 10.1. The molecule has 0 unspecified atom stereocenters. The van der Waals surface area contributed by atoms with Crippen LogP contribution >= 0.6 is 11.3 Å². The lowest BCUT2D eigenvalue weighted by Gasteiger charge is -2.03. The van der Waals surface area contributed by atoms with E-state index in [4.69, 9.17) is 0 Å². The summed E-state index contributed by atoms with van der Waals surface area (Å²) in [6, 6.07) is 9.86. The number of benzene rings is 1. The smallest absolute Gasteiger partial charge is 0.180 e. The van der Waals surface area contributed by atoms with Crippen LogP contribution in [0.4, 0.5) is 4.39 Å². The number of rotatable bonds is 3. The Balaban J connectivity index is 2.13. The van der Waals surface area contributed by atoms with Gasteiger partial charge in [0.1, 0.15) is 5.82 Å². The van der Waals surface area contributed by atoms with E-state index in [0.717, 1.165) is 37.9 Å². The summed E-state index contributed by atoms with van der Waals surface area (Å²) in [6.45, 7) is 2.05. The van der Waals surface area contributed by atoms with E-state index in [0.29, 0.717) is 0 Å². The zero-order chi connectivity index (χ0) is 14.8. The van der Waals surface area contributed by atoms with Gasteiger partial charge in [0.15, 0.2) is 12.4 Å². The molecule has 0 saturated carbocycles. The van der Waals surface area contributed by atoms with E-state index in [-0.39, 0.29) is 5.82 Å². The van der Waals surface area contributed by atoms with Gasteiger partial charge in [0.25, 0.3) is 0 Å². The molecule has 0 radical (unpaired) electrons. The minimum absolute atomic E-state index is 0.265. The molecule has 106 valence electrons. The molecule has 0 aliphatic rings. The zero-order valence-electron chi connectivity index (χ0n) is 11.4. The molecule has 0 N–H and O–H groups in total. The Morgan fingerprint density at radius 3 is 2.38 bits per heavy atom. The summed E-state index contributed by atoms with van der Waals surface area (Å²) in [7, 11) is 0. The molecule has 0 atom stereocenters. The van der Waals surface area contributed by atoms with Crippen LogP contribution in [0.1, 0.15) is 11.9 Å². The van der Waals surface area contributed by atoms with Crippen LogP contribution in [0.5, 0.6) is 0 Å². The molecule has 3 nitrogen and oxygen atoms in total. The van der Waals surface area contributed by atoms with Crippen molar-refractivity contribution in [1.82, 2.24) is 4.98 Å². The number of pyridine rings is 1. The highest BCUT2D eigenvalue weighted by Gasteiger charge is 2.15. The highest BCUT2D eigenvalue weighted by Crippen LogP contribution is 2.36. The fourth-order valence-corrected chi connectivity index (χ4v) is 3.11. The van der Waals surface area contributed by atoms with E-state index in [1.165, 1.54) is 24.5 Å². The molecular formula is C16H13FN2OS. The van der Waals surface area contributed by atoms with Crippen molar-refractivity contribution in [2.45, 2.75) is 13.3 Å². The first kappa shape index (κ1) is 13.7. The summed E-state index contributed by atoms with van der Waals surface area (Å²) >= 11 is 1.60. The second kappa shape index (κ2) is 5.61. The molecule has 0 aliphatic heterocycles. The third-order valence-corrected chi connectivity index (χ3v) is 4.40. The Bertz CT molecular complexity index is 688. The summed E-state index contributed by atoms with van der Waals surface area (Å²) in [5.74, 6) is -0.265.